The molecular weight excluding hydrogens is 380 g/mol. The van der Waals surface area contributed by atoms with Crippen molar-refractivity contribution in [3.05, 3.63) is 17.5 Å². The molecule has 2 N–H and O–H groups in total. The molecule has 0 atom stereocenters. The molecule has 30 heavy (non-hydrogen) atoms. The molecule has 0 aliphatic carbocycles. The molecule has 0 aliphatic rings. The first-order valence-corrected chi connectivity index (χ1v) is 11.9. The van der Waals surface area contributed by atoms with E-state index in [1.807, 2.05) is 17.9 Å². The standard InChI is InChI=1S/C24H42N2O4/c1-26-22(17-13-9-5-3-7-11-15-19-24(29)30)21(20-25-26)16-12-8-4-2-6-10-14-18-23(27)28/h20H,2-19H2,1H3,(H,27,28)(H,29,30). The Balaban J connectivity index is 2.06. The molecule has 0 radical (unpaired) electrons. The lowest BCUT2D eigenvalue weighted by molar-refractivity contribution is -0.138. The van der Waals surface area contributed by atoms with Gasteiger partial charge in [-0.25, -0.2) is 0 Å². The fourth-order valence-corrected chi connectivity index (χ4v) is 3.97. The van der Waals surface area contributed by atoms with Gasteiger partial charge < -0.3 is 10.2 Å². The quantitative estimate of drug-likeness (QED) is 0.255. The normalized spacial score (nSPS) is 11.1. The van der Waals surface area contributed by atoms with E-state index in [0.717, 1.165) is 51.4 Å². The third kappa shape index (κ3) is 13.4. The lowest BCUT2D eigenvalue weighted by Gasteiger charge is -2.07. The van der Waals surface area contributed by atoms with Crippen LogP contribution in [0.15, 0.2) is 6.20 Å². The second-order valence-corrected chi connectivity index (χ2v) is 8.48. The Morgan fingerprint density at radius 1 is 0.700 bits per heavy atom. The second-order valence-electron chi connectivity index (χ2n) is 8.48. The number of aryl methyl sites for hydroxylation is 2. The monoisotopic (exact) mass is 422 g/mol. The van der Waals surface area contributed by atoms with E-state index in [9.17, 15) is 9.59 Å². The topological polar surface area (TPSA) is 92.4 Å². The molecular formula is C24H42N2O4. The molecule has 0 saturated heterocycles. The summed E-state index contributed by atoms with van der Waals surface area (Å²) >= 11 is 0. The van der Waals surface area contributed by atoms with Crippen LogP contribution in [0.3, 0.4) is 0 Å². The number of aliphatic carboxylic acids is 2. The largest absolute Gasteiger partial charge is 0.481 e. The SMILES string of the molecule is Cn1ncc(CCCCCCCCCC(=O)O)c1CCCCCCCCCC(=O)O. The van der Waals surface area contributed by atoms with Crippen molar-refractivity contribution in [2.24, 2.45) is 7.05 Å². The number of rotatable bonds is 20. The minimum absolute atomic E-state index is 0.302. The van der Waals surface area contributed by atoms with Crippen LogP contribution in [0.25, 0.3) is 0 Å². The van der Waals surface area contributed by atoms with Gasteiger partial charge in [-0.15, -0.1) is 0 Å². The molecule has 0 aliphatic heterocycles. The number of nitrogens with zero attached hydrogens (tertiary/aromatic N) is 2. The van der Waals surface area contributed by atoms with Gasteiger partial charge in [-0.05, 0) is 44.1 Å². The predicted octanol–water partition coefficient (Wildman–Crippen LogP) is 5.92. The van der Waals surface area contributed by atoms with E-state index in [1.165, 1.54) is 62.6 Å². The van der Waals surface area contributed by atoms with Crippen LogP contribution < -0.4 is 0 Å². The second kappa shape index (κ2) is 16.9. The molecule has 1 aromatic heterocycles. The zero-order valence-electron chi connectivity index (χ0n) is 18.9. The van der Waals surface area contributed by atoms with Gasteiger partial charge in [0.05, 0.1) is 6.20 Å². The molecule has 0 spiro atoms. The first-order chi connectivity index (χ1) is 14.5. The highest BCUT2D eigenvalue weighted by Crippen LogP contribution is 2.17. The Hall–Kier alpha value is -1.85. The number of unbranched alkanes of at least 4 members (excludes halogenated alkanes) is 12. The average Bonchev–Trinajstić information content (AvgIpc) is 3.04. The van der Waals surface area contributed by atoms with Crippen LogP contribution in [0.1, 0.15) is 114 Å². The van der Waals surface area contributed by atoms with Gasteiger partial charge in [0.2, 0.25) is 0 Å². The first-order valence-electron chi connectivity index (χ1n) is 11.9. The van der Waals surface area contributed by atoms with Crippen LogP contribution in [0, 0.1) is 0 Å². The smallest absolute Gasteiger partial charge is 0.303 e. The highest BCUT2D eigenvalue weighted by Gasteiger charge is 2.08. The average molecular weight is 423 g/mol. The molecule has 1 aromatic rings. The summed E-state index contributed by atoms with van der Waals surface area (Å²) in [4.78, 5) is 21.0. The lowest BCUT2D eigenvalue weighted by atomic mass is 10.0. The van der Waals surface area contributed by atoms with Crippen molar-refractivity contribution in [3.8, 4) is 0 Å². The summed E-state index contributed by atoms with van der Waals surface area (Å²) in [6.07, 6.45) is 20.5. The Morgan fingerprint density at radius 3 is 1.57 bits per heavy atom. The van der Waals surface area contributed by atoms with E-state index >= 15 is 0 Å². The molecule has 0 fully saturated rings. The molecule has 1 rings (SSSR count). The van der Waals surface area contributed by atoms with Gasteiger partial charge in [0, 0.05) is 25.6 Å². The Kier molecular flexibility index (Phi) is 14.7. The van der Waals surface area contributed by atoms with Crippen LogP contribution in [-0.4, -0.2) is 31.9 Å². The maximum Gasteiger partial charge on any atom is 0.303 e. The van der Waals surface area contributed by atoms with Crippen molar-refractivity contribution in [1.82, 2.24) is 9.78 Å². The number of aromatic nitrogens is 2. The summed E-state index contributed by atoms with van der Waals surface area (Å²) in [5.74, 6) is -1.37. The number of hydrogen-bond acceptors (Lipinski definition) is 3. The number of carboxylic acids is 2. The third-order valence-electron chi connectivity index (χ3n) is 5.79. The molecule has 0 unspecified atom stereocenters. The fourth-order valence-electron chi connectivity index (χ4n) is 3.97. The van der Waals surface area contributed by atoms with Crippen molar-refractivity contribution < 1.29 is 19.8 Å². The summed E-state index contributed by atoms with van der Waals surface area (Å²) in [6, 6.07) is 0. The van der Waals surface area contributed by atoms with Crippen LogP contribution in [0.4, 0.5) is 0 Å². The minimum atomic E-state index is -0.685. The van der Waals surface area contributed by atoms with E-state index in [1.54, 1.807) is 0 Å². The summed E-state index contributed by atoms with van der Waals surface area (Å²) in [6.45, 7) is 0. The summed E-state index contributed by atoms with van der Waals surface area (Å²) in [5, 5.41) is 21.7. The van der Waals surface area contributed by atoms with E-state index < -0.39 is 11.9 Å². The maximum atomic E-state index is 10.5. The van der Waals surface area contributed by atoms with Crippen LogP contribution >= 0.6 is 0 Å². The number of hydrogen-bond donors (Lipinski definition) is 2. The molecule has 0 aromatic carbocycles. The highest BCUT2D eigenvalue weighted by atomic mass is 16.4. The van der Waals surface area contributed by atoms with Gasteiger partial charge in [0.1, 0.15) is 0 Å². The molecule has 172 valence electrons. The van der Waals surface area contributed by atoms with Crippen LogP contribution in [0.2, 0.25) is 0 Å². The third-order valence-corrected chi connectivity index (χ3v) is 5.79. The number of carbonyl (C=O) groups is 2. The Morgan fingerprint density at radius 2 is 1.10 bits per heavy atom. The van der Waals surface area contributed by atoms with Gasteiger partial charge in [0.25, 0.3) is 0 Å². The van der Waals surface area contributed by atoms with Crippen LogP contribution in [0.5, 0.6) is 0 Å². The van der Waals surface area contributed by atoms with Crippen molar-refractivity contribution >= 4 is 11.9 Å². The molecule has 0 saturated carbocycles. The first kappa shape index (κ1) is 26.2. The molecule has 6 nitrogen and oxygen atoms in total. The minimum Gasteiger partial charge on any atom is -0.481 e. The molecule has 0 bridgehead atoms. The van der Waals surface area contributed by atoms with Crippen molar-refractivity contribution in [1.29, 1.82) is 0 Å². The molecule has 6 heteroatoms. The number of carboxylic acid groups (broad SMARTS) is 2. The zero-order chi connectivity index (χ0) is 22.0. The lowest BCUT2D eigenvalue weighted by Crippen LogP contribution is -2.01. The van der Waals surface area contributed by atoms with E-state index in [0.29, 0.717) is 12.8 Å². The fraction of sp³-hybridized carbons (Fsp3) is 0.792. The maximum absolute atomic E-state index is 10.5. The van der Waals surface area contributed by atoms with E-state index in [2.05, 4.69) is 5.10 Å². The Labute approximate surface area is 182 Å². The summed E-state index contributed by atoms with van der Waals surface area (Å²) in [5.41, 5.74) is 2.78. The summed E-state index contributed by atoms with van der Waals surface area (Å²) < 4.78 is 2.03. The zero-order valence-corrected chi connectivity index (χ0v) is 18.9. The van der Waals surface area contributed by atoms with Gasteiger partial charge in [-0.2, -0.15) is 5.10 Å². The molecule has 0 amide bonds. The van der Waals surface area contributed by atoms with Crippen molar-refractivity contribution in [2.75, 3.05) is 0 Å². The van der Waals surface area contributed by atoms with Crippen molar-refractivity contribution in [2.45, 2.75) is 116 Å². The van der Waals surface area contributed by atoms with Gasteiger partial charge in [-0.3, -0.25) is 14.3 Å². The van der Waals surface area contributed by atoms with Crippen molar-refractivity contribution in [3.63, 3.8) is 0 Å². The van der Waals surface area contributed by atoms with Gasteiger partial charge in [-0.1, -0.05) is 64.2 Å². The predicted molar refractivity (Wildman–Crippen MR) is 120 cm³/mol. The van der Waals surface area contributed by atoms with E-state index in [-0.39, 0.29) is 0 Å². The Bertz CT molecular complexity index is 598. The van der Waals surface area contributed by atoms with Gasteiger partial charge >= 0.3 is 11.9 Å². The van der Waals surface area contributed by atoms with Crippen LogP contribution in [-0.2, 0) is 29.5 Å². The molecule has 1 heterocycles. The van der Waals surface area contributed by atoms with E-state index in [4.69, 9.17) is 10.2 Å². The highest BCUT2D eigenvalue weighted by molar-refractivity contribution is 5.66. The summed E-state index contributed by atoms with van der Waals surface area (Å²) in [7, 11) is 2.04. The van der Waals surface area contributed by atoms with Gasteiger partial charge in [0.15, 0.2) is 0 Å².